The molecule has 2 heterocycles. The Morgan fingerprint density at radius 2 is 1.37 bits per heavy atom. The van der Waals surface area contributed by atoms with Crippen molar-refractivity contribution in [3.63, 3.8) is 0 Å². The summed E-state index contributed by atoms with van der Waals surface area (Å²) < 4.78 is 13.1. The van der Waals surface area contributed by atoms with Gasteiger partial charge >= 0.3 is 14.1 Å². The average molecular weight is 509 g/mol. The molecule has 0 atom stereocenters. The molecule has 0 spiro atoms. The third-order valence-electron chi connectivity index (χ3n) is 8.11. The van der Waals surface area contributed by atoms with E-state index in [-0.39, 0.29) is 11.3 Å². The second kappa shape index (κ2) is 9.21. The molecule has 1 amide bonds. The number of hydrogen-bond donors (Lipinski definition) is 3. The third-order valence-corrected chi connectivity index (χ3v) is 8.11. The molecule has 196 valence electrons. The van der Waals surface area contributed by atoms with Crippen LogP contribution in [0.15, 0.2) is 66.1 Å². The summed E-state index contributed by atoms with van der Waals surface area (Å²) in [5, 5.41) is 12.3. The number of anilines is 2. The zero-order chi connectivity index (χ0) is 27.5. The van der Waals surface area contributed by atoms with E-state index in [1.807, 2.05) is 52.0 Å². The second-order valence-corrected chi connectivity index (χ2v) is 12.3. The van der Waals surface area contributed by atoms with Gasteiger partial charge in [-0.15, -0.1) is 0 Å². The van der Waals surface area contributed by atoms with Crippen LogP contribution in [0.5, 0.6) is 0 Å². The topological polar surface area (TPSA) is 71.6 Å². The summed E-state index contributed by atoms with van der Waals surface area (Å²) >= 11 is 0. The summed E-state index contributed by atoms with van der Waals surface area (Å²) in [7, 11) is 0.925. The van der Waals surface area contributed by atoms with Gasteiger partial charge in [-0.3, -0.25) is 4.79 Å². The average Bonchev–Trinajstić information content (AvgIpc) is 3.08. The fraction of sp³-hybridized carbons (Fsp3) is 0.367. The number of amides is 1. The van der Waals surface area contributed by atoms with Crippen LogP contribution in [0.1, 0.15) is 59.6 Å². The number of likely N-dealkylation sites (N-methyl/N-ethyl adjacent to an activating group) is 1. The third kappa shape index (κ3) is 4.50. The van der Waals surface area contributed by atoms with E-state index in [4.69, 9.17) is 9.31 Å². The highest BCUT2D eigenvalue weighted by Crippen LogP contribution is 2.43. The summed E-state index contributed by atoms with van der Waals surface area (Å²) in [5.74, 6) is -0.203. The Morgan fingerprint density at radius 3 is 1.84 bits per heavy atom. The molecular weight excluding hydrogens is 472 g/mol. The second-order valence-electron chi connectivity index (χ2n) is 12.3. The molecule has 2 aliphatic heterocycles. The van der Waals surface area contributed by atoms with E-state index in [0.717, 1.165) is 27.7 Å². The fourth-order valence-electron chi connectivity index (χ4n) is 5.15. The Morgan fingerprint density at radius 1 is 0.842 bits per heavy atom. The molecule has 5 rings (SSSR count). The molecule has 38 heavy (non-hydrogen) atoms. The number of carbonyl (C=O) groups is 1. The minimum absolute atomic E-state index is 0.00520. The van der Waals surface area contributed by atoms with Crippen LogP contribution in [-0.4, -0.2) is 38.3 Å². The van der Waals surface area contributed by atoms with Crippen molar-refractivity contribution in [1.82, 2.24) is 5.32 Å². The smallest absolute Gasteiger partial charge is 0.405 e. The summed E-state index contributed by atoms with van der Waals surface area (Å²) in [6.45, 7) is 14.2. The normalized spacial score (nSPS) is 18.5. The first kappa shape index (κ1) is 26.4. The summed E-state index contributed by atoms with van der Waals surface area (Å²) in [6, 6.07) is 20.7. The van der Waals surface area contributed by atoms with Gasteiger partial charge in [-0.25, -0.2) is 0 Å². The fourth-order valence-corrected chi connectivity index (χ4v) is 5.15. The maximum atomic E-state index is 13.7. The highest BCUT2D eigenvalue weighted by molar-refractivity contribution is 6.85. The first-order chi connectivity index (χ1) is 17.8. The Labute approximate surface area is 226 Å². The molecule has 3 aromatic rings. The molecule has 0 unspecified atom stereocenters. The molecule has 3 N–H and O–H groups in total. The zero-order valence-electron chi connectivity index (χ0n) is 23.7. The van der Waals surface area contributed by atoms with Crippen LogP contribution in [0.2, 0.25) is 0 Å². The van der Waals surface area contributed by atoms with Gasteiger partial charge in [-0.05, 0) is 67.2 Å². The Hall–Kier alpha value is -3.22. The first-order valence-electron chi connectivity index (χ1n) is 13.3. The largest absolute Gasteiger partial charge is 0.495 e. The number of carbonyl (C=O) groups excluding carboxylic acids is 1. The van der Waals surface area contributed by atoms with Crippen molar-refractivity contribution >= 4 is 47.6 Å². The maximum absolute atomic E-state index is 13.7. The van der Waals surface area contributed by atoms with Gasteiger partial charge in [-0.2, -0.15) is 0 Å². The van der Waals surface area contributed by atoms with E-state index in [2.05, 4.69) is 72.9 Å². The number of nitrogens with one attached hydrogen (secondary N) is 3. The lowest BCUT2D eigenvalue weighted by atomic mass is 9.56. The lowest BCUT2D eigenvalue weighted by Crippen LogP contribution is -2.46. The molecule has 0 radical (unpaired) electrons. The molecular formula is C30H37B2N3O3. The van der Waals surface area contributed by atoms with Crippen molar-refractivity contribution in [3.05, 3.63) is 77.3 Å². The van der Waals surface area contributed by atoms with Gasteiger partial charge in [0.1, 0.15) is 0 Å². The monoisotopic (exact) mass is 509 g/mol. The van der Waals surface area contributed by atoms with E-state index < -0.39 is 25.3 Å². The van der Waals surface area contributed by atoms with Crippen molar-refractivity contribution in [2.75, 3.05) is 17.5 Å². The van der Waals surface area contributed by atoms with Crippen LogP contribution >= 0.6 is 0 Å². The minimum Gasteiger partial charge on any atom is -0.405 e. The van der Waals surface area contributed by atoms with Crippen LogP contribution in [0.25, 0.3) is 16.2 Å². The highest BCUT2D eigenvalue weighted by atomic mass is 16.7. The first-order valence-corrected chi connectivity index (χ1v) is 13.3. The zero-order valence-corrected chi connectivity index (χ0v) is 23.7. The Balaban J connectivity index is 1.70. The van der Waals surface area contributed by atoms with E-state index in [9.17, 15) is 4.79 Å². The molecule has 0 saturated carbocycles. The van der Waals surface area contributed by atoms with E-state index >= 15 is 0 Å². The molecule has 0 aromatic heterocycles. The predicted molar refractivity (Wildman–Crippen MR) is 159 cm³/mol. The maximum Gasteiger partial charge on any atom is 0.495 e. The van der Waals surface area contributed by atoms with Crippen molar-refractivity contribution in [3.8, 4) is 0 Å². The summed E-state index contributed by atoms with van der Waals surface area (Å²) in [5.41, 5.74) is 4.16. The minimum atomic E-state index is -0.732. The quantitative estimate of drug-likeness (QED) is 0.305. The Kier molecular flexibility index (Phi) is 6.40. The highest BCUT2D eigenvalue weighted by Gasteiger charge is 2.54. The molecule has 0 aliphatic carbocycles. The van der Waals surface area contributed by atoms with Gasteiger partial charge in [-0.1, -0.05) is 69.3 Å². The predicted octanol–water partition coefficient (Wildman–Crippen LogP) is 5.83. The van der Waals surface area contributed by atoms with Crippen molar-refractivity contribution in [2.45, 2.75) is 65.1 Å². The molecule has 6 nitrogen and oxygen atoms in total. The van der Waals surface area contributed by atoms with Gasteiger partial charge in [0.05, 0.1) is 11.2 Å². The van der Waals surface area contributed by atoms with Crippen LogP contribution < -0.4 is 15.8 Å². The van der Waals surface area contributed by atoms with Crippen LogP contribution in [-0.2, 0) is 19.5 Å². The lowest BCUT2D eigenvalue weighted by Gasteiger charge is -2.32. The number of hydrogen-bond acceptors (Lipinski definition) is 5. The molecule has 8 heteroatoms. The van der Waals surface area contributed by atoms with Crippen LogP contribution in [0.4, 0.5) is 11.4 Å². The molecule has 2 aliphatic rings. The SMILES string of the molecule is CNC(=O)/C(B1Nc2cccc3cccc(c23)N1)=C(\B1OC(C)(C)C(C)(C)O1)c1ccc(C(C)(C)C)cc1. The number of benzene rings is 3. The van der Waals surface area contributed by atoms with Gasteiger partial charge < -0.3 is 25.1 Å². The van der Waals surface area contributed by atoms with Gasteiger partial charge in [0, 0.05) is 29.3 Å². The van der Waals surface area contributed by atoms with E-state index in [1.165, 1.54) is 5.56 Å². The van der Waals surface area contributed by atoms with Crippen molar-refractivity contribution in [1.29, 1.82) is 0 Å². The van der Waals surface area contributed by atoms with E-state index in [0.29, 0.717) is 10.9 Å². The standard InChI is InChI=1S/C30H37B2N3O3/c1-28(2,3)21-17-15-20(16-18-21)25(32-37-29(4,5)30(6,7)38-32)26(27(36)33-8)31-34-22-13-9-11-19-12-10-14-23(35-31)24(19)22/h9-18,34-35H,1-8H3,(H,33,36)/b26-25+. The van der Waals surface area contributed by atoms with Gasteiger partial charge in [0.15, 0.2) is 0 Å². The van der Waals surface area contributed by atoms with Crippen molar-refractivity contribution < 1.29 is 14.1 Å². The number of rotatable bonds is 4. The van der Waals surface area contributed by atoms with E-state index in [1.54, 1.807) is 7.05 Å². The van der Waals surface area contributed by atoms with Crippen LogP contribution in [0, 0.1) is 0 Å². The van der Waals surface area contributed by atoms with Crippen molar-refractivity contribution in [2.24, 2.45) is 0 Å². The van der Waals surface area contributed by atoms with Gasteiger partial charge in [0.25, 0.3) is 0 Å². The Bertz CT molecular complexity index is 1370. The van der Waals surface area contributed by atoms with Crippen LogP contribution in [0.3, 0.4) is 0 Å². The molecule has 3 aromatic carbocycles. The summed E-state index contributed by atoms with van der Waals surface area (Å²) in [4.78, 5) is 13.7. The summed E-state index contributed by atoms with van der Waals surface area (Å²) in [6.07, 6.45) is 0. The lowest BCUT2D eigenvalue weighted by molar-refractivity contribution is -0.116. The molecule has 0 bridgehead atoms. The molecule has 1 fully saturated rings. The van der Waals surface area contributed by atoms with Gasteiger partial charge in [0.2, 0.25) is 5.91 Å². The molecule has 1 saturated heterocycles.